The van der Waals surface area contributed by atoms with E-state index in [1.807, 2.05) is 59.6 Å². The number of aromatic amines is 2. The van der Waals surface area contributed by atoms with Crippen molar-refractivity contribution in [2.24, 2.45) is 5.10 Å². The molecule has 3 rings (SSSR count). The minimum absolute atomic E-state index is 0.00568. The van der Waals surface area contributed by atoms with E-state index in [0.29, 0.717) is 6.61 Å². The second kappa shape index (κ2) is 9.79. The molecule has 1 heterocycles. The first-order valence-electron chi connectivity index (χ1n) is 8.87. The van der Waals surface area contributed by atoms with Crippen molar-refractivity contribution < 1.29 is 9.53 Å². The molecule has 29 heavy (non-hydrogen) atoms. The standard InChI is InChI=1S/C20H19N5O4/c26-18(11-10-17-19(27)22-20(28)25-23-17)24-21-12-14-6-8-16(9-7-14)29-13-15-4-2-1-3-5-15/h1-9,12H,10-11,13H2,(H,24,26)(H2,22,25,27,28). The number of benzene rings is 2. The summed E-state index contributed by atoms with van der Waals surface area (Å²) in [5.74, 6) is 0.352. The van der Waals surface area contributed by atoms with Crippen LogP contribution in [0.2, 0.25) is 0 Å². The van der Waals surface area contributed by atoms with E-state index in [-0.39, 0.29) is 24.4 Å². The van der Waals surface area contributed by atoms with Gasteiger partial charge >= 0.3 is 5.69 Å². The van der Waals surface area contributed by atoms with Gasteiger partial charge in [0.2, 0.25) is 5.91 Å². The third-order valence-electron chi connectivity index (χ3n) is 3.90. The summed E-state index contributed by atoms with van der Waals surface area (Å²) in [5.41, 5.74) is 3.03. The maximum atomic E-state index is 11.8. The third-order valence-corrected chi connectivity index (χ3v) is 3.90. The molecule has 0 aliphatic heterocycles. The molecule has 1 aromatic heterocycles. The Hall–Kier alpha value is -4.01. The molecule has 0 unspecified atom stereocenters. The highest BCUT2D eigenvalue weighted by Crippen LogP contribution is 2.13. The molecule has 148 valence electrons. The van der Waals surface area contributed by atoms with Crippen molar-refractivity contribution in [3.8, 4) is 5.75 Å². The summed E-state index contributed by atoms with van der Waals surface area (Å²) in [7, 11) is 0. The van der Waals surface area contributed by atoms with E-state index in [1.54, 1.807) is 0 Å². The summed E-state index contributed by atoms with van der Waals surface area (Å²) in [6.07, 6.45) is 1.59. The Bertz CT molecular complexity index is 1090. The Morgan fingerprint density at radius 2 is 1.86 bits per heavy atom. The number of hydrogen-bond acceptors (Lipinski definition) is 6. The number of carbonyl (C=O) groups excluding carboxylic acids is 1. The normalized spacial score (nSPS) is 10.8. The summed E-state index contributed by atoms with van der Waals surface area (Å²) in [6, 6.07) is 17.1. The molecule has 2 aromatic carbocycles. The van der Waals surface area contributed by atoms with Crippen LogP contribution in [0.5, 0.6) is 5.75 Å². The zero-order valence-electron chi connectivity index (χ0n) is 15.4. The molecule has 0 saturated heterocycles. The molecule has 9 nitrogen and oxygen atoms in total. The number of carbonyl (C=O) groups is 1. The lowest BCUT2D eigenvalue weighted by Crippen LogP contribution is -2.28. The SMILES string of the molecule is O=C(CCc1n[nH]c(=O)[nH]c1=O)NN=Cc1ccc(OCc2ccccc2)cc1. The second-order valence-electron chi connectivity index (χ2n) is 6.09. The Morgan fingerprint density at radius 1 is 1.10 bits per heavy atom. The van der Waals surface area contributed by atoms with Crippen molar-refractivity contribution in [2.75, 3.05) is 0 Å². The molecular formula is C20H19N5O4. The zero-order valence-corrected chi connectivity index (χ0v) is 15.4. The van der Waals surface area contributed by atoms with E-state index in [9.17, 15) is 14.4 Å². The van der Waals surface area contributed by atoms with Crippen molar-refractivity contribution in [2.45, 2.75) is 19.4 Å². The Kier molecular flexibility index (Phi) is 6.66. The van der Waals surface area contributed by atoms with Gasteiger partial charge in [0.25, 0.3) is 5.56 Å². The molecule has 3 N–H and O–H groups in total. The van der Waals surface area contributed by atoms with Gasteiger partial charge in [-0.2, -0.15) is 10.2 Å². The molecule has 0 atom stereocenters. The number of aryl methyl sites for hydroxylation is 1. The van der Waals surface area contributed by atoms with E-state index < -0.39 is 11.2 Å². The fraction of sp³-hybridized carbons (Fsp3) is 0.150. The molecule has 0 spiro atoms. The molecular weight excluding hydrogens is 374 g/mol. The van der Waals surface area contributed by atoms with Gasteiger partial charge in [0, 0.05) is 12.8 Å². The molecule has 9 heteroatoms. The number of H-pyrrole nitrogens is 2. The smallest absolute Gasteiger partial charge is 0.342 e. The van der Waals surface area contributed by atoms with Gasteiger partial charge in [0.15, 0.2) is 0 Å². The van der Waals surface area contributed by atoms with Crippen LogP contribution in [0.1, 0.15) is 23.2 Å². The predicted molar refractivity (Wildman–Crippen MR) is 107 cm³/mol. The largest absolute Gasteiger partial charge is 0.489 e. The van der Waals surface area contributed by atoms with Crippen LogP contribution in [0.15, 0.2) is 69.3 Å². The van der Waals surface area contributed by atoms with Gasteiger partial charge in [-0.05, 0) is 35.4 Å². The topological polar surface area (TPSA) is 129 Å². The molecule has 3 aromatic rings. The second-order valence-corrected chi connectivity index (χ2v) is 6.09. The van der Waals surface area contributed by atoms with Crippen molar-refractivity contribution >= 4 is 12.1 Å². The Morgan fingerprint density at radius 3 is 2.59 bits per heavy atom. The van der Waals surface area contributed by atoms with E-state index in [0.717, 1.165) is 16.9 Å². The van der Waals surface area contributed by atoms with E-state index in [1.165, 1.54) is 6.21 Å². The summed E-state index contributed by atoms with van der Waals surface area (Å²) in [4.78, 5) is 36.2. The fourth-order valence-electron chi connectivity index (χ4n) is 2.40. The van der Waals surface area contributed by atoms with Crippen molar-refractivity contribution in [1.82, 2.24) is 20.6 Å². The number of hydrogen-bond donors (Lipinski definition) is 3. The maximum Gasteiger partial charge on any atom is 0.342 e. The summed E-state index contributed by atoms with van der Waals surface area (Å²) >= 11 is 0. The summed E-state index contributed by atoms with van der Waals surface area (Å²) < 4.78 is 5.71. The number of hydrazone groups is 1. The lowest BCUT2D eigenvalue weighted by Gasteiger charge is -2.06. The molecule has 0 saturated carbocycles. The highest BCUT2D eigenvalue weighted by Gasteiger charge is 2.06. The van der Waals surface area contributed by atoms with Crippen LogP contribution in [0.3, 0.4) is 0 Å². The number of nitrogens with zero attached hydrogens (tertiary/aromatic N) is 2. The predicted octanol–water partition coefficient (Wildman–Crippen LogP) is 1.12. The zero-order chi connectivity index (χ0) is 20.5. The van der Waals surface area contributed by atoms with Crippen LogP contribution in [0.25, 0.3) is 0 Å². The maximum absolute atomic E-state index is 11.8. The minimum atomic E-state index is -0.690. The first-order valence-corrected chi connectivity index (χ1v) is 8.87. The summed E-state index contributed by atoms with van der Waals surface area (Å²) in [5, 5.41) is 9.61. The van der Waals surface area contributed by atoms with Gasteiger partial charge in [0.1, 0.15) is 18.1 Å². The quantitative estimate of drug-likeness (QED) is 0.390. The number of nitrogens with one attached hydrogen (secondary N) is 3. The van der Waals surface area contributed by atoms with E-state index in [2.05, 4.69) is 20.7 Å². The molecule has 0 aliphatic rings. The van der Waals surface area contributed by atoms with E-state index >= 15 is 0 Å². The van der Waals surface area contributed by atoms with Gasteiger partial charge in [-0.15, -0.1) is 0 Å². The molecule has 1 amide bonds. The number of rotatable bonds is 8. The van der Waals surface area contributed by atoms with Gasteiger partial charge in [-0.3, -0.25) is 14.6 Å². The molecule has 0 radical (unpaired) electrons. The van der Waals surface area contributed by atoms with Gasteiger partial charge < -0.3 is 4.74 Å². The minimum Gasteiger partial charge on any atom is -0.489 e. The number of aromatic nitrogens is 3. The molecule has 0 aliphatic carbocycles. The number of amides is 1. The Labute approximate surface area is 165 Å². The summed E-state index contributed by atoms with van der Waals surface area (Å²) in [6.45, 7) is 0.483. The van der Waals surface area contributed by atoms with Gasteiger partial charge in [-0.1, -0.05) is 30.3 Å². The monoisotopic (exact) mass is 393 g/mol. The first-order chi connectivity index (χ1) is 14.1. The van der Waals surface area contributed by atoms with Crippen LogP contribution in [-0.4, -0.2) is 27.3 Å². The average molecular weight is 393 g/mol. The first kappa shape index (κ1) is 19.7. The van der Waals surface area contributed by atoms with Crippen molar-refractivity contribution in [1.29, 1.82) is 0 Å². The van der Waals surface area contributed by atoms with Crippen molar-refractivity contribution in [3.63, 3.8) is 0 Å². The lowest BCUT2D eigenvalue weighted by molar-refractivity contribution is -0.121. The van der Waals surface area contributed by atoms with Gasteiger partial charge in [-0.25, -0.2) is 15.3 Å². The highest BCUT2D eigenvalue weighted by molar-refractivity contribution is 5.82. The number of ether oxygens (including phenoxy) is 1. The van der Waals surface area contributed by atoms with E-state index in [4.69, 9.17) is 4.74 Å². The highest BCUT2D eigenvalue weighted by atomic mass is 16.5. The Balaban J connectivity index is 1.44. The van der Waals surface area contributed by atoms with Crippen LogP contribution in [0.4, 0.5) is 0 Å². The van der Waals surface area contributed by atoms with Crippen LogP contribution < -0.4 is 21.4 Å². The van der Waals surface area contributed by atoms with Crippen LogP contribution >= 0.6 is 0 Å². The third kappa shape index (κ3) is 6.28. The van der Waals surface area contributed by atoms with Crippen molar-refractivity contribution in [3.05, 3.63) is 92.3 Å². The molecule has 0 bridgehead atoms. The average Bonchev–Trinajstić information content (AvgIpc) is 2.73. The van der Waals surface area contributed by atoms with Crippen LogP contribution in [-0.2, 0) is 17.8 Å². The molecule has 0 fully saturated rings. The fourth-order valence-corrected chi connectivity index (χ4v) is 2.40. The van der Waals surface area contributed by atoms with Crippen LogP contribution in [0, 0.1) is 0 Å². The lowest BCUT2D eigenvalue weighted by atomic mass is 10.2. The van der Waals surface area contributed by atoms with Gasteiger partial charge in [0.05, 0.1) is 6.21 Å².